The van der Waals surface area contributed by atoms with Gasteiger partial charge in [-0.2, -0.15) is 10.4 Å². The van der Waals surface area contributed by atoms with Crippen LogP contribution in [0.1, 0.15) is 13.8 Å². The van der Waals surface area contributed by atoms with Crippen LogP contribution in [0.5, 0.6) is 0 Å². The molecule has 0 aromatic carbocycles. The van der Waals surface area contributed by atoms with Crippen molar-refractivity contribution in [1.29, 1.82) is 5.26 Å². The molecule has 4 nitrogen and oxygen atoms in total. The summed E-state index contributed by atoms with van der Waals surface area (Å²) in [5, 5.41) is 12.3. The van der Waals surface area contributed by atoms with Crippen LogP contribution in [0.3, 0.4) is 0 Å². The van der Waals surface area contributed by atoms with Crippen molar-refractivity contribution >= 4 is 6.34 Å². The Bertz CT molecular complexity index is 179. The van der Waals surface area contributed by atoms with Gasteiger partial charge in [0, 0.05) is 0 Å². The average Bonchev–Trinajstić information content (AvgIpc) is 2.33. The van der Waals surface area contributed by atoms with E-state index in [0.717, 1.165) is 0 Å². The first-order chi connectivity index (χ1) is 4.75. The molecule has 0 radical (unpaired) electrons. The van der Waals surface area contributed by atoms with Gasteiger partial charge in [0.1, 0.15) is 12.5 Å². The highest BCUT2D eigenvalue weighted by Crippen LogP contribution is 2.08. The Kier molecular flexibility index (Phi) is 1.76. The van der Waals surface area contributed by atoms with E-state index in [1.54, 1.807) is 0 Å². The summed E-state index contributed by atoms with van der Waals surface area (Å²) in [6.45, 7) is 4.08. The van der Waals surface area contributed by atoms with Gasteiger partial charge in [0.15, 0.2) is 6.19 Å². The predicted molar refractivity (Wildman–Crippen MR) is 37.7 cm³/mol. The first kappa shape index (κ1) is 6.87. The summed E-state index contributed by atoms with van der Waals surface area (Å²) in [5.41, 5.74) is 2.83. The molecule has 1 unspecified atom stereocenters. The van der Waals surface area contributed by atoms with Crippen LogP contribution in [0, 0.1) is 17.4 Å². The number of rotatable bonds is 1. The van der Waals surface area contributed by atoms with Crippen molar-refractivity contribution < 1.29 is 0 Å². The Morgan fingerprint density at radius 1 is 1.80 bits per heavy atom. The smallest absolute Gasteiger partial charge is 0.187 e. The number of nitrogens with one attached hydrogen (secondary N) is 1. The molecule has 0 aromatic heterocycles. The lowest BCUT2D eigenvalue weighted by molar-refractivity contribution is 0.303. The average molecular weight is 138 g/mol. The highest BCUT2D eigenvalue weighted by atomic mass is 15.5. The fraction of sp³-hybridized carbons (Fsp3) is 0.667. The minimum atomic E-state index is 0.0463. The van der Waals surface area contributed by atoms with Crippen LogP contribution in [0.2, 0.25) is 0 Å². The second-order valence-corrected chi connectivity index (χ2v) is 2.57. The summed E-state index contributed by atoms with van der Waals surface area (Å²) >= 11 is 0. The van der Waals surface area contributed by atoms with E-state index in [1.165, 1.54) is 11.2 Å². The first-order valence-corrected chi connectivity index (χ1v) is 3.22. The van der Waals surface area contributed by atoms with Crippen LogP contribution >= 0.6 is 0 Å². The molecule has 0 spiro atoms. The molecule has 1 aliphatic rings. The monoisotopic (exact) mass is 138 g/mol. The van der Waals surface area contributed by atoms with Gasteiger partial charge in [-0.05, 0) is 5.92 Å². The Morgan fingerprint density at radius 2 is 2.50 bits per heavy atom. The minimum absolute atomic E-state index is 0.0463. The van der Waals surface area contributed by atoms with Gasteiger partial charge in [0.2, 0.25) is 0 Å². The van der Waals surface area contributed by atoms with E-state index in [4.69, 9.17) is 5.26 Å². The quantitative estimate of drug-likeness (QED) is 0.530. The van der Waals surface area contributed by atoms with Gasteiger partial charge in [0.25, 0.3) is 0 Å². The summed E-state index contributed by atoms with van der Waals surface area (Å²) in [6, 6.07) is 0. The number of nitriles is 1. The number of nitrogens with zero attached hydrogens (tertiary/aromatic N) is 3. The van der Waals surface area contributed by atoms with E-state index in [0.29, 0.717) is 5.92 Å². The van der Waals surface area contributed by atoms with Crippen LogP contribution in [0.4, 0.5) is 0 Å². The maximum Gasteiger partial charge on any atom is 0.187 e. The van der Waals surface area contributed by atoms with Crippen molar-refractivity contribution in [1.82, 2.24) is 10.3 Å². The normalized spacial score (nSPS) is 23.0. The Morgan fingerprint density at radius 3 is 2.90 bits per heavy atom. The first-order valence-electron chi connectivity index (χ1n) is 3.22. The Labute approximate surface area is 60.1 Å². The molecular formula is C6H10N4. The van der Waals surface area contributed by atoms with Crippen molar-refractivity contribution in [3.63, 3.8) is 0 Å². The molecular weight excluding hydrogens is 128 g/mol. The lowest BCUT2D eigenvalue weighted by atomic mass is 10.1. The van der Waals surface area contributed by atoms with Crippen molar-refractivity contribution in [3.8, 4) is 6.19 Å². The van der Waals surface area contributed by atoms with E-state index >= 15 is 0 Å². The predicted octanol–water partition coefficient (Wildman–Crippen LogP) is 0.298. The van der Waals surface area contributed by atoms with E-state index in [9.17, 15) is 0 Å². The summed E-state index contributed by atoms with van der Waals surface area (Å²) in [6.07, 6.45) is 3.57. The summed E-state index contributed by atoms with van der Waals surface area (Å²) in [4.78, 5) is 1.50. The van der Waals surface area contributed by atoms with Crippen LogP contribution in [0.15, 0.2) is 5.10 Å². The van der Waals surface area contributed by atoms with E-state index < -0.39 is 0 Å². The molecule has 0 fully saturated rings. The van der Waals surface area contributed by atoms with Crippen molar-refractivity contribution in [3.05, 3.63) is 0 Å². The highest BCUT2D eigenvalue weighted by Gasteiger charge is 2.22. The lowest BCUT2D eigenvalue weighted by Gasteiger charge is -2.19. The van der Waals surface area contributed by atoms with Crippen LogP contribution in [-0.4, -0.2) is 17.4 Å². The molecule has 1 aliphatic heterocycles. The molecule has 1 heterocycles. The third-order valence-electron chi connectivity index (χ3n) is 1.44. The fourth-order valence-electron chi connectivity index (χ4n) is 0.864. The van der Waals surface area contributed by atoms with Crippen LogP contribution in [-0.2, 0) is 0 Å². The Balaban J connectivity index is 2.58. The van der Waals surface area contributed by atoms with Gasteiger partial charge in [-0.1, -0.05) is 13.8 Å². The second-order valence-electron chi connectivity index (χ2n) is 2.57. The van der Waals surface area contributed by atoms with Crippen molar-refractivity contribution in [2.45, 2.75) is 20.0 Å². The largest absolute Gasteiger partial charge is 0.285 e. The van der Waals surface area contributed by atoms with Crippen molar-refractivity contribution in [2.24, 2.45) is 11.0 Å². The summed E-state index contributed by atoms with van der Waals surface area (Å²) in [5.74, 6) is 0.391. The molecule has 0 aromatic rings. The second kappa shape index (κ2) is 2.56. The maximum atomic E-state index is 8.53. The molecule has 0 saturated heterocycles. The Hall–Kier alpha value is -1.24. The van der Waals surface area contributed by atoms with E-state index in [2.05, 4.69) is 10.5 Å². The van der Waals surface area contributed by atoms with E-state index in [1.807, 2.05) is 20.0 Å². The third-order valence-corrected chi connectivity index (χ3v) is 1.44. The molecule has 0 bridgehead atoms. The summed E-state index contributed by atoms with van der Waals surface area (Å²) in [7, 11) is 0. The molecule has 54 valence electrons. The summed E-state index contributed by atoms with van der Waals surface area (Å²) < 4.78 is 0. The number of hydrogen-bond acceptors (Lipinski definition) is 4. The zero-order valence-corrected chi connectivity index (χ0v) is 6.07. The maximum absolute atomic E-state index is 8.53. The van der Waals surface area contributed by atoms with Crippen molar-refractivity contribution in [2.75, 3.05) is 0 Å². The lowest BCUT2D eigenvalue weighted by Crippen LogP contribution is -2.37. The third kappa shape index (κ3) is 1.03. The van der Waals surface area contributed by atoms with Crippen LogP contribution in [0.25, 0.3) is 0 Å². The SMILES string of the molecule is CC(C)C1NN=CN1C#N. The number of hydrogen-bond donors (Lipinski definition) is 1. The van der Waals surface area contributed by atoms with Gasteiger partial charge in [0.05, 0.1) is 0 Å². The van der Waals surface area contributed by atoms with Gasteiger partial charge < -0.3 is 0 Å². The standard InChI is InChI=1S/C6H10N4/c1-5(2)6-9-8-4-10(6)3-7/h4-6,9H,1-2H3. The van der Waals surface area contributed by atoms with Gasteiger partial charge in [-0.3, -0.25) is 5.43 Å². The van der Waals surface area contributed by atoms with Gasteiger partial charge >= 0.3 is 0 Å². The molecule has 0 saturated carbocycles. The molecule has 0 aliphatic carbocycles. The zero-order valence-electron chi connectivity index (χ0n) is 6.07. The number of hydrazone groups is 1. The molecule has 1 N–H and O–H groups in total. The topological polar surface area (TPSA) is 51.4 Å². The molecule has 4 heteroatoms. The van der Waals surface area contributed by atoms with Gasteiger partial charge in [-0.25, -0.2) is 4.90 Å². The minimum Gasteiger partial charge on any atom is -0.285 e. The molecule has 10 heavy (non-hydrogen) atoms. The fourth-order valence-corrected chi connectivity index (χ4v) is 0.864. The molecule has 1 rings (SSSR count). The molecule has 0 amide bonds. The zero-order chi connectivity index (χ0) is 7.56. The van der Waals surface area contributed by atoms with Crippen LogP contribution < -0.4 is 5.43 Å². The molecule has 1 atom stereocenters. The van der Waals surface area contributed by atoms with E-state index in [-0.39, 0.29) is 6.17 Å². The highest BCUT2D eigenvalue weighted by molar-refractivity contribution is 5.59. The van der Waals surface area contributed by atoms with Gasteiger partial charge in [-0.15, -0.1) is 0 Å².